The smallest absolute Gasteiger partial charge is 0.411 e. The summed E-state index contributed by atoms with van der Waals surface area (Å²) in [7, 11) is 1.69. The van der Waals surface area contributed by atoms with Gasteiger partial charge in [-0.25, -0.2) is 4.79 Å². The maximum Gasteiger partial charge on any atom is 0.411 e. The molecule has 2 amide bonds. The van der Waals surface area contributed by atoms with Gasteiger partial charge in [0, 0.05) is 25.7 Å². The van der Waals surface area contributed by atoms with Crippen molar-refractivity contribution in [3.8, 4) is 11.1 Å². The third kappa shape index (κ3) is 3.87. The Labute approximate surface area is 191 Å². The number of nitrogens with zero attached hydrogens (tertiary/aromatic N) is 3. The second kappa shape index (κ2) is 8.71. The van der Waals surface area contributed by atoms with Crippen LogP contribution in [0.3, 0.4) is 0 Å². The number of hydrogen-bond acceptors (Lipinski definition) is 5. The van der Waals surface area contributed by atoms with Crippen LogP contribution in [0.15, 0.2) is 54.7 Å². The van der Waals surface area contributed by atoms with Gasteiger partial charge in [-0.3, -0.25) is 14.8 Å². The van der Waals surface area contributed by atoms with Gasteiger partial charge < -0.3 is 14.7 Å². The molecule has 8 nitrogen and oxygen atoms in total. The average molecular weight is 447 g/mol. The number of nitrogens with one attached hydrogen (secondary N) is 1. The zero-order valence-corrected chi connectivity index (χ0v) is 18.4. The van der Waals surface area contributed by atoms with Gasteiger partial charge in [-0.1, -0.05) is 48.5 Å². The Morgan fingerprint density at radius 3 is 2.45 bits per heavy atom. The first-order valence-electron chi connectivity index (χ1n) is 11.1. The molecule has 0 bridgehead atoms. The highest BCUT2D eigenvalue weighted by atomic mass is 16.5. The molecule has 33 heavy (non-hydrogen) atoms. The number of amides is 2. The SMILES string of the molecule is Cn1cc(NC(=O)OCC2c3ccccc3-c3ccccc32)c(C(=O)N2CCCC2CO)n1. The van der Waals surface area contributed by atoms with Crippen LogP contribution in [-0.4, -0.2) is 57.6 Å². The summed E-state index contributed by atoms with van der Waals surface area (Å²) >= 11 is 0. The minimum absolute atomic E-state index is 0.0481. The number of likely N-dealkylation sites (tertiary alicyclic amines) is 1. The van der Waals surface area contributed by atoms with E-state index in [-0.39, 0.29) is 36.8 Å². The topological polar surface area (TPSA) is 96.7 Å². The number of fused-ring (bicyclic) bond motifs is 3. The minimum Gasteiger partial charge on any atom is -0.448 e. The van der Waals surface area contributed by atoms with Crippen molar-refractivity contribution in [3.63, 3.8) is 0 Å². The number of aromatic nitrogens is 2. The molecule has 5 rings (SSSR count). The predicted molar refractivity (Wildman–Crippen MR) is 123 cm³/mol. The Kier molecular flexibility index (Phi) is 5.60. The Balaban J connectivity index is 1.30. The summed E-state index contributed by atoms with van der Waals surface area (Å²) in [5.41, 5.74) is 5.02. The summed E-state index contributed by atoms with van der Waals surface area (Å²) < 4.78 is 7.09. The molecule has 2 aromatic carbocycles. The van der Waals surface area contributed by atoms with Crippen molar-refractivity contribution in [2.75, 3.05) is 25.1 Å². The minimum atomic E-state index is -0.640. The van der Waals surface area contributed by atoms with Gasteiger partial charge in [0.15, 0.2) is 5.69 Å². The van der Waals surface area contributed by atoms with Gasteiger partial charge in [0.25, 0.3) is 5.91 Å². The largest absolute Gasteiger partial charge is 0.448 e. The zero-order valence-electron chi connectivity index (χ0n) is 18.4. The third-order valence-electron chi connectivity index (χ3n) is 6.46. The number of carbonyl (C=O) groups is 2. The van der Waals surface area contributed by atoms with Crippen LogP contribution in [-0.2, 0) is 11.8 Å². The van der Waals surface area contributed by atoms with Gasteiger partial charge in [0.2, 0.25) is 0 Å². The van der Waals surface area contributed by atoms with Crippen LogP contribution in [0, 0.1) is 0 Å². The van der Waals surface area contributed by atoms with Crippen LogP contribution < -0.4 is 5.32 Å². The van der Waals surface area contributed by atoms with Gasteiger partial charge in [-0.15, -0.1) is 0 Å². The molecule has 2 heterocycles. The van der Waals surface area contributed by atoms with Crippen LogP contribution in [0.4, 0.5) is 10.5 Å². The normalized spacial score (nSPS) is 17.0. The summed E-state index contributed by atoms with van der Waals surface area (Å²) in [4.78, 5) is 27.3. The van der Waals surface area contributed by atoms with Crippen molar-refractivity contribution in [1.82, 2.24) is 14.7 Å². The van der Waals surface area contributed by atoms with E-state index in [4.69, 9.17) is 4.74 Å². The van der Waals surface area contributed by atoms with Gasteiger partial charge in [-0.05, 0) is 35.1 Å². The molecule has 1 saturated heterocycles. The molecule has 8 heteroatoms. The lowest BCUT2D eigenvalue weighted by molar-refractivity contribution is 0.0672. The number of aliphatic hydroxyl groups is 1. The van der Waals surface area contributed by atoms with Crippen LogP contribution in [0.25, 0.3) is 11.1 Å². The van der Waals surface area contributed by atoms with Gasteiger partial charge in [-0.2, -0.15) is 5.10 Å². The summed E-state index contributed by atoms with van der Waals surface area (Å²) in [5, 5.41) is 16.5. The van der Waals surface area contributed by atoms with Crippen LogP contribution in [0.2, 0.25) is 0 Å². The Morgan fingerprint density at radius 1 is 1.12 bits per heavy atom. The first-order chi connectivity index (χ1) is 16.1. The van der Waals surface area contributed by atoms with E-state index >= 15 is 0 Å². The van der Waals surface area contributed by atoms with Crippen molar-refractivity contribution < 1.29 is 19.4 Å². The van der Waals surface area contributed by atoms with Crippen LogP contribution >= 0.6 is 0 Å². The highest BCUT2D eigenvalue weighted by molar-refractivity contribution is 6.01. The highest BCUT2D eigenvalue weighted by Gasteiger charge is 2.33. The van der Waals surface area contributed by atoms with E-state index in [1.807, 2.05) is 24.3 Å². The first kappa shape index (κ1) is 21.2. The van der Waals surface area contributed by atoms with Crippen molar-refractivity contribution in [3.05, 3.63) is 71.5 Å². The fraction of sp³-hybridized carbons (Fsp3) is 0.320. The van der Waals surface area contributed by atoms with Gasteiger partial charge >= 0.3 is 6.09 Å². The number of anilines is 1. The van der Waals surface area contributed by atoms with E-state index < -0.39 is 6.09 Å². The van der Waals surface area contributed by atoms with Gasteiger partial charge in [0.1, 0.15) is 6.61 Å². The number of aliphatic hydroxyl groups excluding tert-OH is 1. The quantitative estimate of drug-likeness (QED) is 0.626. The van der Waals surface area contributed by atoms with Crippen molar-refractivity contribution in [2.24, 2.45) is 7.05 Å². The maximum absolute atomic E-state index is 13.0. The molecule has 0 spiro atoms. The number of rotatable bonds is 5. The number of hydrogen-bond donors (Lipinski definition) is 2. The summed E-state index contributed by atoms with van der Waals surface area (Å²) in [5.74, 6) is -0.353. The van der Waals surface area contributed by atoms with E-state index in [2.05, 4.69) is 34.7 Å². The molecule has 1 aliphatic carbocycles. The van der Waals surface area contributed by atoms with Crippen molar-refractivity contribution in [1.29, 1.82) is 0 Å². The van der Waals surface area contributed by atoms with E-state index in [1.54, 1.807) is 18.1 Å². The standard InChI is InChI=1S/C25H26N4O4/c1-28-13-22(23(27-28)24(31)29-12-6-7-16(29)14-30)26-25(32)33-15-21-19-10-4-2-8-17(19)18-9-3-5-11-20(18)21/h2-5,8-11,13,16,21,30H,6-7,12,14-15H2,1H3,(H,26,32). The van der Waals surface area contributed by atoms with Crippen LogP contribution in [0.1, 0.15) is 40.4 Å². The second-order valence-corrected chi connectivity index (χ2v) is 8.49. The number of benzene rings is 2. The Bertz CT molecular complexity index is 1160. The van der Waals surface area contributed by atoms with Gasteiger partial charge in [0.05, 0.1) is 18.3 Å². The molecule has 1 aliphatic heterocycles. The molecule has 2 N–H and O–H groups in total. The predicted octanol–water partition coefficient (Wildman–Crippen LogP) is 3.38. The molecule has 1 atom stereocenters. The monoisotopic (exact) mass is 446 g/mol. The highest BCUT2D eigenvalue weighted by Crippen LogP contribution is 2.44. The maximum atomic E-state index is 13.0. The van der Waals surface area contributed by atoms with E-state index in [1.165, 1.54) is 4.68 Å². The fourth-order valence-corrected chi connectivity index (χ4v) is 4.91. The number of carbonyl (C=O) groups excluding carboxylic acids is 2. The zero-order chi connectivity index (χ0) is 22.9. The molecule has 170 valence electrons. The van der Waals surface area contributed by atoms with E-state index in [0.29, 0.717) is 12.2 Å². The molecular formula is C25H26N4O4. The molecule has 1 unspecified atom stereocenters. The molecule has 2 aliphatic rings. The summed E-state index contributed by atoms with van der Waals surface area (Å²) in [6.45, 7) is 0.654. The van der Waals surface area contributed by atoms with Crippen molar-refractivity contribution in [2.45, 2.75) is 24.8 Å². The second-order valence-electron chi connectivity index (χ2n) is 8.49. The number of ether oxygens (including phenoxy) is 1. The lowest BCUT2D eigenvalue weighted by Crippen LogP contribution is -2.38. The molecule has 0 radical (unpaired) electrons. The van der Waals surface area contributed by atoms with Crippen LogP contribution in [0.5, 0.6) is 0 Å². The Hall–Kier alpha value is -3.65. The fourth-order valence-electron chi connectivity index (χ4n) is 4.91. The molecule has 1 fully saturated rings. The molecule has 3 aromatic rings. The third-order valence-corrected chi connectivity index (χ3v) is 6.46. The summed E-state index contributed by atoms with van der Waals surface area (Å²) in [6.07, 6.45) is 2.53. The molecule has 1 aromatic heterocycles. The van der Waals surface area contributed by atoms with Crippen molar-refractivity contribution >= 4 is 17.7 Å². The van der Waals surface area contributed by atoms with E-state index in [9.17, 15) is 14.7 Å². The first-order valence-corrected chi connectivity index (χ1v) is 11.1. The molecule has 0 saturated carbocycles. The average Bonchev–Trinajstić information content (AvgIpc) is 3.53. The lowest BCUT2D eigenvalue weighted by Gasteiger charge is -2.22. The lowest BCUT2D eigenvalue weighted by atomic mass is 9.98. The van der Waals surface area contributed by atoms with E-state index in [0.717, 1.165) is 35.1 Å². The number of aryl methyl sites for hydroxylation is 1. The Morgan fingerprint density at radius 2 is 1.79 bits per heavy atom. The summed E-state index contributed by atoms with van der Waals surface area (Å²) in [6, 6.07) is 16.1. The molecular weight excluding hydrogens is 420 g/mol.